The van der Waals surface area contributed by atoms with E-state index < -0.39 is 0 Å². The lowest BCUT2D eigenvalue weighted by Gasteiger charge is -2.12. The van der Waals surface area contributed by atoms with Crippen LogP contribution in [-0.4, -0.2) is 32.8 Å². The number of carbonyl (C=O) groups excluding carboxylic acids is 1. The number of para-hydroxylation sites is 1. The molecule has 5 nitrogen and oxygen atoms in total. The van der Waals surface area contributed by atoms with Crippen molar-refractivity contribution in [2.24, 2.45) is 5.92 Å². The molecule has 1 aliphatic heterocycles. The number of nitrogens with one attached hydrogen (secondary N) is 1. The minimum atomic E-state index is -0.150. The highest BCUT2D eigenvalue weighted by molar-refractivity contribution is 5.98. The topological polar surface area (TPSA) is 73.6 Å². The minimum absolute atomic E-state index is 0.150. The van der Waals surface area contributed by atoms with Crippen molar-refractivity contribution in [1.29, 1.82) is 0 Å². The Bertz CT molecular complexity index is 442. The third-order valence-electron chi connectivity index (χ3n) is 3.36. The van der Waals surface area contributed by atoms with Crippen LogP contribution in [0.4, 0.5) is 5.69 Å². The summed E-state index contributed by atoms with van der Waals surface area (Å²) in [4.78, 5) is 12.1. The van der Waals surface area contributed by atoms with Crippen LogP contribution in [0.15, 0.2) is 18.2 Å². The molecular weight excluding hydrogens is 244 g/mol. The number of ether oxygens (including phenoxy) is 2. The predicted molar refractivity (Wildman–Crippen MR) is 73.3 cm³/mol. The van der Waals surface area contributed by atoms with Gasteiger partial charge in [-0.3, -0.25) is 4.79 Å². The number of methoxy groups -OCH3 is 1. The molecule has 104 valence electrons. The average molecular weight is 264 g/mol. The molecule has 1 fully saturated rings. The standard InChI is InChI=1S/C14H20N2O3/c1-18-13-11(3-2-4-12(13)15)14(17)16-7-5-10-6-8-19-9-10/h2-4,10H,5-9,15H2,1H3,(H,16,17). The highest BCUT2D eigenvalue weighted by Crippen LogP contribution is 2.25. The van der Waals surface area contributed by atoms with Gasteiger partial charge in [-0.25, -0.2) is 0 Å². The monoisotopic (exact) mass is 264 g/mol. The van der Waals surface area contributed by atoms with Gasteiger partial charge in [0.25, 0.3) is 5.91 Å². The van der Waals surface area contributed by atoms with Gasteiger partial charge in [0.15, 0.2) is 5.75 Å². The van der Waals surface area contributed by atoms with Crippen LogP contribution < -0.4 is 15.8 Å². The number of amides is 1. The van der Waals surface area contributed by atoms with E-state index in [0.717, 1.165) is 26.1 Å². The first-order valence-corrected chi connectivity index (χ1v) is 6.50. The normalized spacial score (nSPS) is 18.3. The van der Waals surface area contributed by atoms with E-state index in [4.69, 9.17) is 15.2 Å². The first-order valence-electron chi connectivity index (χ1n) is 6.50. The molecule has 0 radical (unpaired) electrons. The summed E-state index contributed by atoms with van der Waals surface area (Å²) in [6.07, 6.45) is 2.02. The van der Waals surface area contributed by atoms with Crippen LogP contribution in [0.3, 0.4) is 0 Å². The van der Waals surface area contributed by atoms with E-state index in [1.165, 1.54) is 7.11 Å². The van der Waals surface area contributed by atoms with E-state index in [1.54, 1.807) is 18.2 Å². The van der Waals surface area contributed by atoms with Crippen molar-refractivity contribution < 1.29 is 14.3 Å². The molecule has 2 rings (SSSR count). The lowest BCUT2D eigenvalue weighted by Crippen LogP contribution is -2.26. The second kappa shape index (κ2) is 6.43. The van der Waals surface area contributed by atoms with Crippen LogP contribution in [-0.2, 0) is 4.74 Å². The van der Waals surface area contributed by atoms with Gasteiger partial charge in [-0.15, -0.1) is 0 Å². The Balaban J connectivity index is 1.90. The highest BCUT2D eigenvalue weighted by Gasteiger charge is 2.17. The zero-order chi connectivity index (χ0) is 13.7. The molecule has 1 aromatic carbocycles. The Hall–Kier alpha value is -1.75. The number of hydrogen-bond donors (Lipinski definition) is 2. The quantitative estimate of drug-likeness (QED) is 0.789. The molecule has 3 N–H and O–H groups in total. The second-order valence-electron chi connectivity index (χ2n) is 4.70. The Morgan fingerprint density at radius 2 is 2.42 bits per heavy atom. The Labute approximate surface area is 113 Å². The zero-order valence-electron chi connectivity index (χ0n) is 11.1. The van der Waals surface area contributed by atoms with Gasteiger partial charge >= 0.3 is 0 Å². The van der Waals surface area contributed by atoms with Crippen molar-refractivity contribution in [2.75, 3.05) is 32.6 Å². The number of rotatable bonds is 5. The highest BCUT2D eigenvalue weighted by atomic mass is 16.5. The summed E-state index contributed by atoms with van der Waals surface area (Å²) in [7, 11) is 1.51. The van der Waals surface area contributed by atoms with Crippen LogP contribution in [0.2, 0.25) is 0 Å². The van der Waals surface area contributed by atoms with Gasteiger partial charge in [-0.2, -0.15) is 0 Å². The molecule has 5 heteroatoms. The van der Waals surface area contributed by atoms with Gasteiger partial charge in [-0.1, -0.05) is 6.07 Å². The molecule has 1 aliphatic rings. The molecule has 1 unspecified atom stereocenters. The fourth-order valence-electron chi connectivity index (χ4n) is 2.26. The summed E-state index contributed by atoms with van der Waals surface area (Å²) in [5.74, 6) is 0.843. The number of anilines is 1. The number of carbonyl (C=O) groups is 1. The number of benzene rings is 1. The fraction of sp³-hybridized carbons (Fsp3) is 0.500. The van der Waals surface area contributed by atoms with Crippen molar-refractivity contribution in [1.82, 2.24) is 5.32 Å². The van der Waals surface area contributed by atoms with Crippen LogP contribution in [0.25, 0.3) is 0 Å². The summed E-state index contributed by atoms with van der Waals surface area (Å²) in [5.41, 5.74) is 6.72. The fourth-order valence-corrected chi connectivity index (χ4v) is 2.26. The molecule has 19 heavy (non-hydrogen) atoms. The van der Waals surface area contributed by atoms with Crippen LogP contribution >= 0.6 is 0 Å². The van der Waals surface area contributed by atoms with Gasteiger partial charge in [0.1, 0.15) is 0 Å². The van der Waals surface area contributed by atoms with Gasteiger partial charge in [0.05, 0.1) is 18.4 Å². The van der Waals surface area contributed by atoms with E-state index in [0.29, 0.717) is 29.5 Å². The maximum atomic E-state index is 12.1. The second-order valence-corrected chi connectivity index (χ2v) is 4.70. The van der Waals surface area contributed by atoms with E-state index in [9.17, 15) is 4.79 Å². The molecule has 0 spiro atoms. The van der Waals surface area contributed by atoms with E-state index >= 15 is 0 Å². The largest absolute Gasteiger partial charge is 0.494 e. The SMILES string of the molecule is COc1c(N)cccc1C(=O)NCCC1CCOC1. The van der Waals surface area contributed by atoms with Crippen molar-refractivity contribution in [3.63, 3.8) is 0 Å². The van der Waals surface area contributed by atoms with E-state index in [2.05, 4.69) is 5.32 Å². The lowest BCUT2D eigenvalue weighted by atomic mass is 10.1. The maximum Gasteiger partial charge on any atom is 0.255 e. The molecule has 0 aromatic heterocycles. The molecule has 1 heterocycles. The molecular formula is C14H20N2O3. The van der Waals surface area contributed by atoms with Crippen LogP contribution in [0.1, 0.15) is 23.2 Å². The van der Waals surface area contributed by atoms with Gasteiger partial charge in [-0.05, 0) is 30.9 Å². The summed E-state index contributed by atoms with van der Waals surface area (Å²) in [6, 6.07) is 5.17. The summed E-state index contributed by atoms with van der Waals surface area (Å²) in [6.45, 7) is 2.28. The predicted octanol–water partition coefficient (Wildman–Crippen LogP) is 1.43. The summed E-state index contributed by atoms with van der Waals surface area (Å²) < 4.78 is 10.5. The van der Waals surface area contributed by atoms with Crippen molar-refractivity contribution in [3.05, 3.63) is 23.8 Å². The zero-order valence-corrected chi connectivity index (χ0v) is 11.1. The molecule has 1 aromatic rings. The Kier molecular flexibility index (Phi) is 4.63. The third kappa shape index (κ3) is 3.38. The van der Waals surface area contributed by atoms with Crippen LogP contribution in [0.5, 0.6) is 5.75 Å². The first-order chi connectivity index (χ1) is 9.22. The van der Waals surface area contributed by atoms with Gasteiger partial charge in [0.2, 0.25) is 0 Å². The lowest BCUT2D eigenvalue weighted by molar-refractivity contribution is 0.0947. The molecule has 1 amide bonds. The Morgan fingerprint density at radius 3 is 3.11 bits per heavy atom. The first kappa shape index (κ1) is 13.7. The Morgan fingerprint density at radius 1 is 1.58 bits per heavy atom. The maximum absolute atomic E-state index is 12.1. The van der Waals surface area contributed by atoms with Crippen LogP contribution in [0, 0.1) is 5.92 Å². The van der Waals surface area contributed by atoms with E-state index in [-0.39, 0.29) is 5.91 Å². The number of nitrogens with two attached hydrogens (primary N) is 1. The summed E-state index contributed by atoms with van der Waals surface area (Å²) >= 11 is 0. The molecule has 1 saturated heterocycles. The molecule has 0 bridgehead atoms. The van der Waals surface area contributed by atoms with Crippen molar-refractivity contribution in [2.45, 2.75) is 12.8 Å². The average Bonchev–Trinajstić information content (AvgIpc) is 2.91. The van der Waals surface area contributed by atoms with Gasteiger partial charge < -0.3 is 20.5 Å². The smallest absolute Gasteiger partial charge is 0.255 e. The number of nitrogen functional groups attached to an aromatic ring is 1. The molecule has 0 saturated carbocycles. The third-order valence-corrected chi connectivity index (χ3v) is 3.36. The van der Waals surface area contributed by atoms with E-state index in [1.807, 2.05) is 0 Å². The van der Waals surface area contributed by atoms with Gasteiger partial charge in [0, 0.05) is 19.8 Å². The minimum Gasteiger partial charge on any atom is -0.494 e. The van der Waals surface area contributed by atoms with Crippen molar-refractivity contribution >= 4 is 11.6 Å². The molecule has 0 aliphatic carbocycles. The molecule has 1 atom stereocenters. The number of hydrogen-bond acceptors (Lipinski definition) is 4. The summed E-state index contributed by atoms with van der Waals surface area (Å²) in [5, 5.41) is 2.90. The van der Waals surface area contributed by atoms with Crippen molar-refractivity contribution in [3.8, 4) is 5.75 Å².